The van der Waals surface area contributed by atoms with E-state index >= 15 is 0 Å². The van der Waals surface area contributed by atoms with Gasteiger partial charge in [-0.2, -0.15) is 0 Å². The Bertz CT molecular complexity index is 477. The number of aldehydes is 1. The number of methoxy groups -OCH3 is 1. The number of hydrogen-bond acceptors (Lipinski definition) is 4. The number of rotatable bonds is 3. The maximum atomic E-state index is 10.5. The first kappa shape index (κ1) is 10.3. The second-order valence-electron chi connectivity index (χ2n) is 3.19. The Hall–Kier alpha value is -2.23. The van der Waals surface area contributed by atoms with Gasteiger partial charge in [-0.15, -0.1) is 0 Å². The lowest BCUT2D eigenvalue weighted by molar-refractivity contribution is 0.112. The summed E-state index contributed by atoms with van der Waals surface area (Å²) in [5.41, 5.74) is 1.51. The number of ether oxygens (including phenoxy) is 1. The quantitative estimate of drug-likeness (QED) is 0.733. The minimum absolute atomic E-state index is 0.609. The third kappa shape index (κ3) is 2.06. The van der Waals surface area contributed by atoms with Crippen LogP contribution in [0.2, 0.25) is 0 Å². The zero-order valence-electron chi connectivity index (χ0n) is 8.75. The average molecular weight is 214 g/mol. The Kier molecular flexibility index (Phi) is 2.91. The molecule has 0 unspecified atom stereocenters. The first-order chi connectivity index (χ1) is 7.83. The highest BCUT2D eigenvalue weighted by Gasteiger charge is 2.01. The standard InChI is InChI=1S/C12H10N2O2/c1-16-11-6-13-12(14-7-11)10-4-2-9(8-15)3-5-10/h2-8H,1H3. The summed E-state index contributed by atoms with van der Waals surface area (Å²) in [5, 5.41) is 0. The fourth-order valence-electron chi connectivity index (χ4n) is 1.28. The number of nitrogens with zero attached hydrogens (tertiary/aromatic N) is 2. The van der Waals surface area contributed by atoms with Crippen LogP contribution >= 0.6 is 0 Å². The average Bonchev–Trinajstić information content (AvgIpc) is 2.39. The third-order valence-electron chi connectivity index (χ3n) is 2.17. The summed E-state index contributed by atoms with van der Waals surface area (Å²) < 4.78 is 4.97. The number of benzene rings is 1. The van der Waals surface area contributed by atoms with E-state index in [4.69, 9.17) is 4.74 Å². The van der Waals surface area contributed by atoms with Gasteiger partial charge in [0.15, 0.2) is 11.6 Å². The normalized spacial score (nSPS) is 9.81. The lowest BCUT2D eigenvalue weighted by Gasteiger charge is -2.01. The fourth-order valence-corrected chi connectivity index (χ4v) is 1.28. The second kappa shape index (κ2) is 4.53. The number of aromatic nitrogens is 2. The molecule has 0 saturated carbocycles. The molecule has 4 nitrogen and oxygen atoms in total. The zero-order valence-corrected chi connectivity index (χ0v) is 8.75. The van der Waals surface area contributed by atoms with Crippen molar-refractivity contribution in [1.82, 2.24) is 9.97 Å². The van der Waals surface area contributed by atoms with Crippen molar-refractivity contribution in [3.63, 3.8) is 0 Å². The molecule has 2 aromatic rings. The number of carbonyl (C=O) groups is 1. The largest absolute Gasteiger partial charge is 0.494 e. The number of carbonyl (C=O) groups excluding carboxylic acids is 1. The molecule has 0 aliphatic carbocycles. The Morgan fingerprint density at radius 2 is 1.75 bits per heavy atom. The summed E-state index contributed by atoms with van der Waals surface area (Å²) in [4.78, 5) is 18.8. The van der Waals surface area contributed by atoms with E-state index in [1.807, 2.05) is 12.1 Å². The van der Waals surface area contributed by atoms with Crippen LogP contribution in [-0.4, -0.2) is 23.4 Å². The summed E-state index contributed by atoms with van der Waals surface area (Å²) in [7, 11) is 1.57. The van der Waals surface area contributed by atoms with Gasteiger partial charge in [-0.25, -0.2) is 9.97 Å². The van der Waals surface area contributed by atoms with E-state index in [-0.39, 0.29) is 0 Å². The van der Waals surface area contributed by atoms with Crippen LogP contribution in [0.4, 0.5) is 0 Å². The van der Waals surface area contributed by atoms with Gasteiger partial charge in [-0.1, -0.05) is 24.3 Å². The molecule has 2 rings (SSSR count). The van der Waals surface area contributed by atoms with Crippen LogP contribution in [0, 0.1) is 0 Å². The lowest BCUT2D eigenvalue weighted by atomic mass is 10.1. The van der Waals surface area contributed by atoms with E-state index in [1.54, 1.807) is 31.6 Å². The molecule has 0 aliphatic rings. The van der Waals surface area contributed by atoms with E-state index < -0.39 is 0 Å². The summed E-state index contributed by atoms with van der Waals surface area (Å²) in [6.45, 7) is 0. The predicted molar refractivity (Wildman–Crippen MR) is 59.4 cm³/mol. The third-order valence-corrected chi connectivity index (χ3v) is 2.17. The van der Waals surface area contributed by atoms with Gasteiger partial charge in [0.05, 0.1) is 19.5 Å². The van der Waals surface area contributed by atoms with Crippen LogP contribution in [-0.2, 0) is 0 Å². The van der Waals surface area contributed by atoms with Gasteiger partial charge >= 0.3 is 0 Å². The molecule has 80 valence electrons. The molecule has 0 spiro atoms. The summed E-state index contributed by atoms with van der Waals surface area (Å²) in [5.74, 6) is 1.23. The van der Waals surface area contributed by atoms with Crippen LogP contribution in [0.25, 0.3) is 11.4 Å². The van der Waals surface area contributed by atoms with Crippen molar-refractivity contribution < 1.29 is 9.53 Å². The second-order valence-corrected chi connectivity index (χ2v) is 3.19. The van der Waals surface area contributed by atoms with E-state index in [2.05, 4.69) is 9.97 Å². The van der Waals surface area contributed by atoms with Crippen molar-refractivity contribution in [3.8, 4) is 17.1 Å². The van der Waals surface area contributed by atoms with Gasteiger partial charge in [-0.3, -0.25) is 4.79 Å². The molecule has 0 fully saturated rings. The van der Waals surface area contributed by atoms with Gasteiger partial charge in [0.1, 0.15) is 6.29 Å². The molecule has 0 radical (unpaired) electrons. The highest BCUT2D eigenvalue weighted by Crippen LogP contribution is 2.16. The van der Waals surface area contributed by atoms with Gasteiger partial charge in [0, 0.05) is 11.1 Å². The van der Waals surface area contributed by atoms with E-state index in [9.17, 15) is 4.79 Å². The Labute approximate surface area is 92.9 Å². The first-order valence-electron chi connectivity index (χ1n) is 4.75. The van der Waals surface area contributed by atoms with Crippen LogP contribution < -0.4 is 4.74 Å². The summed E-state index contributed by atoms with van der Waals surface area (Å²) in [6, 6.07) is 7.09. The lowest BCUT2D eigenvalue weighted by Crippen LogP contribution is -1.91. The maximum Gasteiger partial charge on any atom is 0.159 e. The Balaban J connectivity index is 2.31. The zero-order chi connectivity index (χ0) is 11.4. The summed E-state index contributed by atoms with van der Waals surface area (Å²) >= 11 is 0. The molecule has 1 aromatic carbocycles. The Morgan fingerprint density at radius 1 is 1.12 bits per heavy atom. The van der Waals surface area contributed by atoms with Crippen LogP contribution in [0.1, 0.15) is 10.4 Å². The minimum Gasteiger partial charge on any atom is -0.494 e. The van der Waals surface area contributed by atoms with E-state index in [0.29, 0.717) is 17.1 Å². The van der Waals surface area contributed by atoms with Gasteiger partial charge in [-0.05, 0) is 0 Å². The van der Waals surface area contributed by atoms with E-state index in [0.717, 1.165) is 11.8 Å². The molecule has 1 heterocycles. The van der Waals surface area contributed by atoms with Crippen molar-refractivity contribution in [3.05, 3.63) is 42.2 Å². The predicted octanol–water partition coefficient (Wildman–Crippen LogP) is 1.96. The first-order valence-corrected chi connectivity index (χ1v) is 4.75. The molecule has 4 heteroatoms. The molecule has 0 aliphatic heterocycles. The van der Waals surface area contributed by atoms with E-state index in [1.165, 1.54) is 0 Å². The summed E-state index contributed by atoms with van der Waals surface area (Å²) in [6.07, 6.45) is 4.02. The fraction of sp³-hybridized carbons (Fsp3) is 0.0833. The van der Waals surface area contributed by atoms with Crippen molar-refractivity contribution >= 4 is 6.29 Å². The molecule has 0 atom stereocenters. The highest BCUT2D eigenvalue weighted by molar-refractivity contribution is 5.76. The van der Waals surface area contributed by atoms with Gasteiger partial charge in [0.2, 0.25) is 0 Å². The molecule has 16 heavy (non-hydrogen) atoms. The number of hydrogen-bond donors (Lipinski definition) is 0. The van der Waals surface area contributed by atoms with Gasteiger partial charge < -0.3 is 4.74 Å². The minimum atomic E-state index is 0.609. The smallest absolute Gasteiger partial charge is 0.159 e. The topological polar surface area (TPSA) is 52.1 Å². The molecular weight excluding hydrogens is 204 g/mol. The molecule has 0 N–H and O–H groups in total. The van der Waals surface area contributed by atoms with Crippen molar-refractivity contribution in [2.75, 3.05) is 7.11 Å². The molecular formula is C12H10N2O2. The molecule has 1 aromatic heterocycles. The molecule has 0 saturated heterocycles. The maximum absolute atomic E-state index is 10.5. The Morgan fingerprint density at radius 3 is 2.25 bits per heavy atom. The SMILES string of the molecule is COc1cnc(-c2ccc(C=O)cc2)nc1. The van der Waals surface area contributed by atoms with Crippen molar-refractivity contribution in [2.45, 2.75) is 0 Å². The van der Waals surface area contributed by atoms with Crippen LogP contribution in [0.15, 0.2) is 36.7 Å². The molecule has 0 amide bonds. The van der Waals surface area contributed by atoms with Crippen molar-refractivity contribution in [1.29, 1.82) is 0 Å². The van der Waals surface area contributed by atoms with Crippen LogP contribution in [0.5, 0.6) is 5.75 Å². The monoisotopic (exact) mass is 214 g/mol. The van der Waals surface area contributed by atoms with Crippen molar-refractivity contribution in [2.24, 2.45) is 0 Å². The van der Waals surface area contributed by atoms with Crippen LogP contribution in [0.3, 0.4) is 0 Å². The molecule has 0 bridgehead atoms. The van der Waals surface area contributed by atoms with Gasteiger partial charge in [0.25, 0.3) is 0 Å². The highest BCUT2D eigenvalue weighted by atomic mass is 16.5.